The Bertz CT molecular complexity index is 1590. The molecule has 0 radical (unpaired) electrons. The monoisotopic (exact) mass is 631 g/mol. The van der Waals surface area contributed by atoms with Crippen LogP contribution in [0.1, 0.15) is 93.7 Å². The molecule has 0 saturated carbocycles. The van der Waals surface area contributed by atoms with Crippen LogP contribution in [0, 0.1) is 13.8 Å². The Labute approximate surface area is 269 Å². The summed E-state index contributed by atoms with van der Waals surface area (Å²) in [6.07, 6.45) is 6.95. The molecule has 8 nitrogen and oxygen atoms in total. The molecule has 244 valence electrons. The zero-order valence-corrected chi connectivity index (χ0v) is 27.0. The zero-order chi connectivity index (χ0) is 33.1. The molecular weight excluding hydrogens is 588 g/mol. The van der Waals surface area contributed by atoms with Crippen LogP contribution in [0.15, 0.2) is 77.7 Å². The van der Waals surface area contributed by atoms with Gasteiger partial charge in [-0.15, -0.1) is 0 Å². The molecule has 1 aliphatic heterocycles. The second-order valence-electron chi connectivity index (χ2n) is 12.0. The fourth-order valence-corrected chi connectivity index (χ4v) is 5.18. The molecule has 1 unspecified atom stereocenters. The van der Waals surface area contributed by atoms with E-state index in [0.29, 0.717) is 44.1 Å². The highest BCUT2D eigenvalue weighted by atomic mass is 19.1. The van der Waals surface area contributed by atoms with Gasteiger partial charge in [-0.2, -0.15) is 0 Å². The molecule has 0 aliphatic carbocycles. The number of carbonyl (C=O) groups excluding carboxylic acids is 2. The third-order valence-electron chi connectivity index (χ3n) is 7.66. The van der Waals surface area contributed by atoms with Crippen molar-refractivity contribution in [2.75, 3.05) is 19.6 Å². The largest absolute Gasteiger partial charge is 0.446 e. The molecule has 1 aliphatic rings. The second kappa shape index (κ2) is 16.2. The highest BCUT2D eigenvalue weighted by Crippen LogP contribution is 2.33. The van der Waals surface area contributed by atoms with Gasteiger partial charge in [0, 0.05) is 48.7 Å². The summed E-state index contributed by atoms with van der Waals surface area (Å²) in [6, 6.07) is 16.2. The maximum atomic E-state index is 14.1. The molecule has 46 heavy (non-hydrogen) atoms. The fraction of sp³-hybridized carbons (Fsp3) is 0.389. The van der Waals surface area contributed by atoms with Gasteiger partial charge in [0.15, 0.2) is 0 Å². The second-order valence-corrected chi connectivity index (χ2v) is 12.0. The lowest BCUT2D eigenvalue weighted by molar-refractivity contribution is 0.0715. The number of alkyl halides is 2. The first-order valence-electron chi connectivity index (χ1n) is 15.6. The molecule has 1 saturated heterocycles. The third-order valence-corrected chi connectivity index (χ3v) is 7.66. The van der Waals surface area contributed by atoms with Crippen molar-refractivity contribution in [3.8, 4) is 0 Å². The average Bonchev–Trinajstić information content (AvgIpc) is 3.71. The van der Waals surface area contributed by atoms with Crippen LogP contribution in [0.25, 0.3) is 0 Å². The number of halogens is 2. The molecule has 10 heteroatoms. The number of nitrogens with one attached hydrogen (secondary N) is 2. The van der Waals surface area contributed by atoms with Gasteiger partial charge in [0.1, 0.15) is 24.6 Å². The molecular formula is C36H43F2N5O3. The van der Waals surface area contributed by atoms with Gasteiger partial charge in [0.2, 0.25) is 5.89 Å². The van der Waals surface area contributed by atoms with E-state index in [2.05, 4.69) is 39.7 Å². The minimum atomic E-state index is -1.46. The van der Waals surface area contributed by atoms with E-state index in [-0.39, 0.29) is 34.5 Å². The molecule has 2 N–H and O–H groups in total. The molecule has 2 amide bonds. The number of likely N-dealkylation sites (tertiary alicyclic amines) is 1. The molecule has 1 fully saturated rings. The number of aryl methyl sites for hydroxylation is 2. The zero-order valence-electron chi connectivity index (χ0n) is 27.0. The summed E-state index contributed by atoms with van der Waals surface area (Å²) in [5.41, 5.74) is 2.77. The van der Waals surface area contributed by atoms with Gasteiger partial charge < -0.3 is 20.0 Å². The maximum Gasteiger partial charge on any atom is 0.254 e. The van der Waals surface area contributed by atoms with Crippen LogP contribution in [0.2, 0.25) is 0 Å². The number of amides is 2. The van der Waals surface area contributed by atoms with Crippen LogP contribution in [-0.2, 0) is 18.9 Å². The molecule has 3 heterocycles. The first kappa shape index (κ1) is 34.4. The van der Waals surface area contributed by atoms with Gasteiger partial charge in [-0.3, -0.25) is 14.6 Å². The standard InChI is InChI=1S/C29H35F2N5O3.C7H8/c1-19-18-39-27(35-19)25-6-4-9-36(25)28(38)23-11-20(14-30)10-22(13-23)26(37)34-8-5-7-32-15-21-12-24(17-33-16-21)29(2,3)31;1-7-5-3-2-4-6-7/h10-13,16-18,25,32H,4-9,14-15H2,1-3H3,(H,34,37);2-6H,1H3. The summed E-state index contributed by atoms with van der Waals surface area (Å²) in [6.45, 7) is 8.18. The number of carbonyl (C=O) groups is 2. The fourth-order valence-electron chi connectivity index (χ4n) is 5.18. The van der Waals surface area contributed by atoms with Gasteiger partial charge in [-0.1, -0.05) is 35.9 Å². The van der Waals surface area contributed by atoms with E-state index in [9.17, 15) is 18.4 Å². The highest BCUT2D eigenvalue weighted by Gasteiger charge is 2.34. The van der Waals surface area contributed by atoms with E-state index in [4.69, 9.17) is 4.42 Å². The van der Waals surface area contributed by atoms with Crippen molar-refractivity contribution in [1.29, 1.82) is 0 Å². The van der Waals surface area contributed by atoms with Crippen molar-refractivity contribution in [1.82, 2.24) is 25.5 Å². The van der Waals surface area contributed by atoms with Gasteiger partial charge in [-0.05, 0) is 88.9 Å². The maximum absolute atomic E-state index is 14.1. The first-order valence-corrected chi connectivity index (χ1v) is 15.6. The lowest BCUT2D eigenvalue weighted by atomic mass is 10.0. The number of aromatic nitrogens is 2. The van der Waals surface area contributed by atoms with Crippen LogP contribution in [-0.4, -0.2) is 46.3 Å². The van der Waals surface area contributed by atoms with Gasteiger partial charge in [0.05, 0.1) is 5.69 Å². The number of hydrogen-bond acceptors (Lipinski definition) is 6. The molecule has 4 aromatic rings. The molecule has 1 atom stereocenters. The first-order chi connectivity index (χ1) is 22.0. The van der Waals surface area contributed by atoms with Crippen LogP contribution < -0.4 is 10.6 Å². The molecule has 5 rings (SSSR count). The normalized spacial score (nSPS) is 14.5. The van der Waals surface area contributed by atoms with Crippen LogP contribution in [0.3, 0.4) is 0 Å². The van der Waals surface area contributed by atoms with E-state index in [0.717, 1.165) is 24.1 Å². The van der Waals surface area contributed by atoms with Crippen LogP contribution in [0.4, 0.5) is 8.78 Å². The van der Waals surface area contributed by atoms with Crippen molar-refractivity contribution in [3.63, 3.8) is 0 Å². The van der Waals surface area contributed by atoms with Crippen molar-refractivity contribution in [3.05, 3.63) is 118 Å². The number of oxazole rings is 1. The SMILES string of the molecule is Cc1ccccc1.Cc1coc(C2CCCN2C(=O)c2cc(CF)cc(C(=O)NCCCNCc3cncc(C(C)(C)F)c3)c2)n1. The number of rotatable bonds is 11. The van der Waals surface area contributed by atoms with Crippen LogP contribution in [0.5, 0.6) is 0 Å². The van der Waals surface area contributed by atoms with E-state index < -0.39 is 12.3 Å². The summed E-state index contributed by atoms with van der Waals surface area (Å²) in [5, 5.41) is 6.10. The Kier molecular flexibility index (Phi) is 12.1. The Hall–Kier alpha value is -4.44. The Morgan fingerprint density at radius 3 is 2.43 bits per heavy atom. The molecule has 2 aromatic carbocycles. The minimum Gasteiger partial charge on any atom is -0.446 e. The summed E-state index contributed by atoms with van der Waals surface area (Å²) >= 11 is 0. The summed E-state index contributed by atoms with van der Waals surface area (Å²) in [4.78, 5) is 36.4. The third kappa shape index (κ3) is 9.78. The Morgan fingerprint density at radius 1 is 1.02 bits per heavy atom. The molecule has 0 spiro atoms. The number of hydrogen-bond donors (Lipinski definition) is 2. The topological polar surface area (TPSA) is 100 Å². The number of benzene rings is 2. The van der Waals surface area contributed by atoms with E-state index in [1.807, 2.05) is 25.1 Å². The highest BCUT2D eigenvalue weighted by molar-refractivity contribution is 6.00. The number of pyridine rings is 1. The van der Waals surface area contributed by atoms with Crippen LogP contribution >= 0.6 is 0 Å². The van der Waals surface area contributed by atoms with Gasteiger partial charge in [0.25, 0.3) is 11.8 Å². The molecule has 0 bridgehead atoms. The van der Waals surface area contributed by atoms with Crippen molar-refractivity contribution < 1.29 is 22.8 Å². The number of nitrogens with zero attached hydrogens (tertiary/aromatic N) is 3. The quantitative estimate of drug-likeness (QED) is 0.174. The Morgan fingerprint density at radius 2 is 1.78 bits per heavy atom. The van der Waals surface area contributed by atoms with Gasteiger partial charge in [-0.25, -0.2) is 13.8 Å². The smallest absolute Gasteiger partial charge is 0.254 e. The van der Waals surface area contributed by atoms with Crippen molar-refractivity contribution in [2.45, 2.75) is 71.9 Å². The summed E-state index contributed by atoms with van der Waals surface area (Å²) in [7, 11) is 0. The predicted octanol–water partition coefficient (Wildman–Crippen LogP) is 6.93. The van der Waals surface area contributed by atoms with E-state index >= 15 is 0 Å². The van der Waals surface area contributed by atoms with Crippen molar-refractivity contribution in [2.24, 2.45) is 0 Å². The summed E-state index contributed by atoms with van der Waals surface area (Å²) < 4.78 is 33.3. The summed E-state index contributed by atoms with van der Waals surface area (Å²) in [5.74, 6) is -0.166. The minimum absolute atomic E-state index is 0.237. The Balaban J connectivity index is 0.000000606. The van der Waals surface area contributed by atoms with E-state index in [1.165, 1.54) is 43.8 Å². The van der Waals surface area contributed by atoms with Gasteiger partial charge >= 0.3 is 0 Å². The average molecular weight is 632 g/mol. The predicted molar refractivity (Wildman–Crippen MR) is 174 cm³/mol. The molecule has 2 aromatic heterocycles. The lowest BCUT2D eigenvalue weighted by Crippen LogP contribution is -2.31. The lowest BCUT2D eigenvalue weighted by Gasteiger charge is -2.23. The van der Waals surface area contributed by atoms with E-state index in [1.54, 1.807) is 23.4 Å². The van der Waals surface area contributed by atoms with Crippen molar-refractivity contribution >= 4 is 11.8 Å².